The Kier molecular flexibility index (Phi) is 2.39. The molecule has 1 aromatic heterocycles. The highest BCUT2D eigenvalue weighted by Crippen LogP contribution is 2.23. The second-order valence-electron chi connectivity index (χ2n) is 3.24. The number of hydrazine groups is 1. The Labute approximate surface area is 86.5 Å². The molecule has 0 aliphatic rings. The van der Waals surface area contributed by atoms with E-state index in [4.69, 9.17) is 5.84 Å². The molecule has 0 fully saturated rings. The Morgan fingerprint density at radius 3 is 2.73 bits per heavy atom. The fraction of sp³-hybridized carbons (Fsp3) is 0.100. The first-order valence-corrected chi connectivity index (χ1v) is 4.46. The average molecular weight is 206 g/mol. The van der Waals surface area contributed by atoms with Crippen LogP contribution in [0.5, 0.6) is 0 Å². The number of hydrogen-bond acceptors (Lipinski definition) is 3. The monoisotopic (exact) mass is 206 g/mol. The molecule has 0 bridgehead atoms. The zero-order valence-electron chi connectivity index (χ0n) is 8.24. The van der Waals surface area contributed by atoms with Gasteiger partial charge in [0.15, 0.2) is 0 Å². The number of anilines is 1. The molecule has 3 N–H and O–H groups in total. The van der Waals surface area contributed by atoms with E-state index in [-0.39, 0.29) is 11.5 Å². The molecule has 0 radical (unpaired) electrons. The lowest BCUT2D eigenvalue weighted by molar-refractivity contribution is 0.631. The molecular formula is C10H11FN4. The van der Waals surface area contributed by atoms with Gasteiger partial charge in [-0.3, -0.25) is 10.5 Å². The van der Waals surface area contributed by atoms with E-state index in [1.807, 2.05) is 13.2 Å². The Morgan fingerprint density at radius 1 is 1.40 bits per heavy atom. The van der Waals surface area contributed by atoms with Crippen molar-refractivity contribution in [3.63, 3.8) is 0 Å². The first-order valence-electron chi connectivity index (χ1n) is 4.46. The van der Waals surface area contributed by atoms with Crippen LogP contribution in [-0.2, 0) is 7.05 Å². The minimum Gasteiger partial charge on any atom is -0.321 e. The summed E-state index contributed by atoms with van der Waals surface area (Å²) in [5, 5.41) is 4.02. The van der Waals surface area contributed by atoms with Crippen molar-refractivity contribution in [3.05, 3.63) is 36.4 Å². The van der Waals surface area contributed by atoms with Crippen molar-refractivity contribution >= 4 is 5.69 Å². The number of benzene rings is 1. The second-order valence-corrected chi connectivity index (χ2v) is 3.24. The largest absolute Gasteiger partial charge is 0.321 e. The summed E-state index contributed by atoms with van der Waals surface area (Å²) in [7, 11) is 1.82. The zero-order valence-corrected chi connectivity index (χ0v) is 8.24. The molecule has 2 rings (SSSR count). The minimum absolute atomic E-state index is 0.280. The van der Waals surface area contributed by atoms with Crippen molar-refractivity contribution in [2.45, 2.75) is 0 Å². The Bertz CT molecular complexity index is 478. The van der Waals surface area contributed by atoms with Gasteiger partial charge in [-0.2, -0.15) is 5.10 Å². The van der Waals surface area contributed by atoms with Crippen LogP contribution in [0.25, 0.3) is 11.1 Å². The fourth-order valence-corrected chi connectivity index (χ4v) is 1.38. The third-order valence-electron chi connectivity index (χ3n) is 2.16. The molecule has 0 aliphatic carbocycles. The molecule has 0 aliphatic heterocycles. The Balaban J connectivity index is 2.42. The Morgan fingerprint density at radius 2 is 2.20 bits per heavy atom. The van der Waals surface area contributed by atoms with E-state index in [9.17, 15) is 4.39 Å². The van der Waals surface area contributed by atoms with Crippen LogP contribution in [0.3, 0.4) is 0 Å². The summed E-state index contributed by atoms with van der Waals surface area (Å²) in [5.41, 5.74) is 4.22. The van der Waals surface area contributed by atoms with Crippen LogP contribution in [-0.4, -0.2) is 9.78 Å². The third-order valence-corrected chi connectivity index (χ3v) is 2.16. The number of nitrogens with two attached hydrogens (primary N) is 1. The second kappa shape index (κ2) is 3.70. The van der Waals surface area contributed by atoms with Gasteiger partial charge in [-0.15, -0.1) is 0 Å². The highest BCUT2D eigenvalue weighted by Gasteiger charge is 2.05. The number of nitrogens with zero attached hydrogens (tertiary/aromatic N) is 2. The predicted octanol–water partition coefficient (Wildman–Crippen LogP) is 1.51. The third kappa shape index (κ3) is 1.82. The van der Waals surface area contributed by atoms with E-state index in [2.05, 4.69) is 10.5 Å². The van der Waals surface area contributed by atoms with Crippen LogP contribution < -0.4 is 11.3 Å². The summed E-state index contributed by atoms with van der Waals surface area (Å²) in [6.45, 7) is 0. The van der Waals surface area contributed by atoms with E-state index < -0.39 is 0 Å². The van der Waals surface area contributed by atoms with Crippen molar-refractivity contribution < 1.29 is 4.39 Å². The number of nitrogen functional groups attached to an aromatic ring is 1. The highest BCUT2D eigenvalue weighted by molar-refractivity contribution is 5.65. The van der Waals surface area contributed by atoms with Gasteiger partial charge in [0.1, 0.15) is 5.82 Å². The van der Waals surface area contributed by atoms with Gasteiger partial charge in [-0.25, -0.2) is 4.39 Å². The van der Waals surface area contributed by atoms with Crippen LogP contribution in [0.1, 0.15) is 0 Å². The summed E-state index contributed by atoms with van der Waals surface area (Å²) in [6, 6.07) is 4.80. The van der Waals surface area contributed by atoms with Crippen molar-refractivity contribution in [2.75, 3.05) is 5.43 Å². The number of halogens is 1. The molecule has 15 heavy (non-hydrogen) atoms. The number of nitrogens with one attached hydrogen (secondary N) is 1. The molecule has 5 heteroatoms. The van der Waals surface area contributed by atoms with Gasteiger partial charge in [-0.1, -0.05) is 6.07 Å². The maximum absolute atomic E-state index is 13.4. The lowest BCUT2D eigenvalue weighted by Gasteiger charge is -2.03. The van der Waals surface area contributed by atoms with E-state index >= 15 is 0 Å². The number of rotatable bonds is 2. The lowest BCUT2D eigenvalue weighted by atomic mass is 10.1. The van der Waals surface area contributed by atoms with E-state index in [0.29, 0.717) is 0 Å². The van der Waals surface area contributed by atoms with Gasteiger partial charge in [0.25, 0.3) is 0 Å². The highest BCUT2D eigenvalue weighted by atomic mass is 19.1. The average Bonchev–Trinajstić information content (AvgIpc) is 2.65. The molecule has 0 saturated carbocycles. The number of aryl methyl sites for hydroxylation is 1. The van der Waals surface area contributed by atoms with Gasteiger partial charge >= 0.3 is 0 Å². The standard InChI is InChI=1S/C10H11FN4/c1-15-6-8(5-13-15)7-2-3-10(14-12)9(11)4-7/h2-6,14H,12H2,1H3. The topological polar surface area (TPSA) is 55.9 Å². The summed E-state index contributed by atoms with van der Waals surface area (Å²) >= 11 is 0. The summed E-state index contributed by atoms with van der Waals surface area (Å²) in [4.78, 5) is 0. The van der Waals surface area contributed by atoms with Crippen molar-refractivity contribution in [1.29, 1.82) is 0 Å². The van der Waals surface area contributed by atoms with Gasteiger partial charge in [0.2, 0.25) is 0 Å². The predicted molar refractivity (Wildman–Crippen MR) is 56.4 cm³/mol. The van der Waals surface area contributed by atoms with E-state index in [1.54, 1.807) is 23.0 Å². The van der Waals surface area contributed by atoms with E-state index in [0.717, 1.165) is 11.1 Å². The zero-order chi connectivity index (χ0) is 10.8. The maximum atomic E-state index is 13.4. The van der Waals surface area contributed by atoms with Crippen LogP contribution in [0.2, 0.25) is 0 Å². The van der Waals surface area contributed by atoms with Crippen molar-refractivity contribution in [2.24, 2.45) is 12.9 Å². The van der Waals surface area contributed by atoms with Gasteiger partial charge in [0.05, 0.1) is 11.9 Å². The van der Waals surface area contributed by atoms with E-state index in [1.165, 1.54) is 6.07 Å². The molecule has 1 aromatic carbocycles. The molecule has 0 amide bonds. The first-order chi connectivity index (χ1) is 7.20. The molecule has 0 atom stereocenters. The SMILES string of the molecule is Cn1cc(-c2ccc(NN)c(F)c2)cn1. The molecule has 4 nitrogen and oxygen atoms in total. The summed E-state index contributed by atoms with van der Waals surface area (Å²) < 4.78 is 15.0. The molecule has 1 heterocycles. The van der Waals surface area contributed by atoms with Gasteiger partial charge in [0, 0.05) is 18.8 Å². The molecular weight excluding hydrogens is 195 g/mol. The summed E-state index contributed by atoms with van der Waals surface area (Å²) in [5.74, 6) is 4.76. The molecule has 0 unspecified atom stereocenters. The van der Waals surface area contributed by atoms with Gasteiger partial charge < -0.3 is 5.43 Å². The van der Waals surface area contributed by atoms with Crippen molar-refractivity contribution in [1.82, 2.24) is 9.78 Å². The fourth-order valence-electron chi connectivity index (χ4n) is 1.38. The minimum atomic E-state index is -0.376. The first kappa shape index (κ1) is 9.67. The normalized spacial score (nSPS) is 10.3. The summed E-state index contributed by atoms with van der Waals surface area (Å²) in [6.07, 6.45) is 3.51. The quantitative estimate of drug-likeness (QED) is 0.578. The molecule has 2 aromatic rings. The van der Waals surface area contributed by atoms with Gasteiger partial charge in [-0.05, 0) is 17.7 Å². The molecule has 0 saturated heterocycles. The maximum Gasteiger partial charge on any atom is 0.148 e. The number of aromatic nitrogens is 2. The van der Waals surface area contributed by atoms with Crippen LogP contribution in [0.15, 0.2) is 30.6 Å². The van der Waals surface area contributed by atoms with Crippen LogP contribution in [0, 0.1) is 5.82 Å². The van der Waals surface area contributed by atoms with Crippen molar-refractivity contribution in [3.8, 4) is 11.1 Å². The lowest BCUT2D eigenvalue weighted by Crippen LogP contribution is -2.08. The van der Waals surface area contributed by atoms with Crippen LogP contribution in [0.4, 0.5) is 10.1 Å². The smallest absolute Gasteiger partial charge is 0.148 e. The van der Waals surface area contributed by atoms with Crippen LogP contribution >= 0.6 is 0 Å². The number of hydrogen-bond donors (Lipinski definition) is 2. The Hall–Kier alpha value is -1.88. The molecule has 78 valence electrons. The molecule has 0 spiro atoms.